The molecule has 0 saturated heterocycles. The van der Waals surface area contributed by atoms with Gasteiger partial charge < -0.3 is 5.21 Å². The summed E-state index contributed by atoms with van der Waals surface area (Å²) in [6.07, 6.45) is 0. The molecule has 1 unspecified atom stereocenters. The predicted molar refractivity (Wildman–Crippen MR) is 49.8 cm³/mol. The second-order valence-electron chi connectivity index (χ2n) is 2.38. The van der Waals surface area contributed by atoms with Crippen LogP contribution in [0, 0.1) is 0 Å². The van der Waals surface area contributed by atoms with Crippen molar-refractivity contribution >= 4 is 23.2 Å². The summed E-state index contributed by atoms with van der Waals surface area (Å²) in [5, 5.41) is 8.79. The Morgan fingerprint density at radius 2 is 2.25 bits per heavy atom. The molecule has 1 aromatic carbocycles. The fourth-order valence-corrected chi connectivity index (χ4v) is 1.30. The van der Waals surface area contributed by atoms with Crippen LogP contribution in [0.4, 0.5) is 0 Å². The number of hydroxylamine groups is 1. The number of alkyl halides is 1. The van der Waals surface area contributed by atoms with Gasteiger partial charge in [-0.05, 0) is 17.7 Å². The lowest BCUT2D eigenvalue weighted by atomic mass is 10.1. The molecule has 12 heavy (non-hydrogen) atoms. The summed E-state index contributed by atoms with van der Waals surface area (Å²) in [6.45, 7) is 0.307. The molecular formula is C8H9Cl2NO. The number of nitrogens with one attached hydrogen (secondary N) is 1. The van der Waals surface area contributed by atoms with E-state index in [4.69, 9.17) is 28.4 Å². The molecule has 0 spiro atoms. The molecule has 0 aliphatic rings. The monoisotopic (exact) mass is 205 g/mol. The molecule has 0 bridgehead atoms. The molecule has 0 aliphatic heterocycles. The minimum absolute atomic E-state index is 0.256. The molecule has 0 saturated carbocycles. The quantitative estimate of drug-likeness (QED) is 0.588. The summed E-state index contributed by atoms with van der Waals surface area (Å²) in [5.41, 5.74) is 2.90. The van der Waals surface area contributed by atoms with Crippen molar-refractivity contribution in [1.82, 2.24) is 5.48 Å². The number of rotatable bonds is 3. The maximum absolute atomic E-state index is 8.40. The molecule has 0 aliphatic carbocycles. The lowest BCUT2D eigenvalue weighted by Gasteiger charge is -2.07. The second-order valence-corrected chi connectivity index (χ2v) is 3.35. The smallest absolute Gasteiger partial charge is 0.0733 e. The van der Waals surface area contributed by atoms with Crippen molar-refractivity contribution in [2.45, 2.75) is 5.38 Å². The number of benzene rings is 1. The van der Waals surface area contributed by atoms with Gasteiger partial charge in [-0.15, -0.1) is 11.6 Å². The molecule has 2 nitrogen and oxygen atoms in total. The lowest BCUT2D eigenvalue weighted by molar-refractivity contribution is 0.167. The van der Waals surface area contributed by atoms with Crippen LogP contribution in [0.2, 0.25) is 5.02 Å². The van der Waals surface area contributed by atoms with Gasteiger partial charge in [0.1, 0.15) is 0 Å². The van der Waals surface area contributed by atoms with Crippen molar-refractivity contribution in [2.75, 3.05) is 6.54 Å². The van der Waals surface area contributed by atoms with Gasteiger partial charge in [0.15, 0.2) is 0 Å². The Morgan fingerprint density at radius 1 is 1.50 bits per heavy atom. The van der Waals surface area contributed by atoms with E-state index in [1.807, 2.05) is 17.6 Å². The zero-order valence-electron chi connectivity index (χ0n) is 6.30. The first-order valence-corrected chi connectivity index (χ1v) is 4.32. The van der Waals surface area contributed by atoms with E-state index in [2.05, 4.69) is 0 Å². The topological polar surface area (TPSA) is 32.3 Å². The third-order valence-corrected chi connectivity index (χ3v) is 2.12. The molecule has 2 N–H and O–H groups in total. The van der Waals surface area contributed by atoms with Crippen LogP contribution in [-0.2, 0) is 0 Å². The van der Waals surface area contributed by atoms with Crippen LogP contribution in [-0.4, -0.2) is 11.8 Å². The third kappa shape index (κ3) is 2.64. The fraction of sp³-hybridized carbons (Fsp3) is 0.250. The van der Waals surface area contributed by atoms with Gasteiger partial charge in [-0.1, -0.05) is 23.7 Å². The van der Waals surface area contributed by atoms with Crippen LogP contribution in [0.15, 0.2) is 24.3 Å². The number of hydrogen-bond donors (Lipinski definition) is 2. The molecule has 1 rings (SSSR count). The van der Waals surface area contributed by atoms with Crippen molar-refractivity contribution in [3.8, 4) is 0 Å². The molecule has 0 aromatic heterocycles. The summed E-state index contributed by atoms with van der Waals surface area (Å²) >= 11 is 11.6. The maximum atomic E-state index is 8.40. The van der Waals surface area contributed by atoms with E-state index in [9.17, 15) is 0 Å². The van der Waals surface area contributed by atoms with Crippen molar-refractivity contribution in [1.29, 1.82) is 0 Å². The second kappa shape index (κ2) is 4.67. The first kappa shape index (κ1) is 9.81. The first-order chi connectivity index (χ1) is 5.74. The lowest BCUT2D eigenvalue weighted by Crippen LogP contribution is -2.13. The van der Waals surface area contributed by atoms with Gasteiger partial charge in [0.2, 0.25) is 0 Å². The zero-order chi connectivity index (χ0) is 8.97. The summed E-state index contributed by atoms with van der Waals surface area (Å²) < 4.78 is 0. The molecule has 1 aromatic rings. The van der Waals surface area contributed by atoms with E-state index in [-0.39, 0.29) is 5.38 Å². The standard InChI is InChI=1S/C8H9Cl2NO/c9-7-3-1-2-6(4-7)8(10)5-11-12/h1-4,8,11-12H,5H2. The van der Waals surface area contributed by atoms with Gasteiger partial charge in [0.25, 0.3) is 0 Å². The van der Waals surface area contributed by atoms with Crippen LogP contribution in [0.25, 0.3) is 0 Å². The Labute approximate surface area is 81.1 Å². The van der Waals surface area contributed by atoms with Crippen LogP contribution >= 0.6 is 23.2 Å². The Bertz CT molecular complexity index is 255. The molecule has 4 heteroatoms. The summed E-state index contributed by atoms with van der Waals surface area (Å²) in [5.74, 6) is 0. The average Bonchev–Trinajstić information content (AvgIpc) is 2.05. The normalized spacial score (nSPS) is 12.9. The van der Waals surface area contributed by atoms with E-state index < -0.39 is 0 Å². The van der Waals surface area contributed by atoms with Crippen LogP contribution in [0.5, 0.6) is 0 Å². The average molecular weight is 206 g/mol. The zero-order valence-corrected chi connectivity index (χ0v) is 7.81. The van der Waals surface area contributed by atoms with E-state index in [1.165, 1.54) is 0 Å². The van der Waals surface area contributed by atoms with Gasteiger partial charge in [0, 0.05) is 11.6 Å². The highest BCUT2D eigenvalue weighted by Crippen LogP contribution is 2.22. The molecule has 1 atom stereocenters. The largest absolute Gasteiger partial charge is 0.317 e. The number of halogens is 2. The van der Waals surface area contributed by atoms with Crippen molar-refractivity contribution in [3.05, 3.63) is 34.9 Å². The Morgan fingerprint density at radius 3 is 2.83 bits per heavy atom. The minimum Gasteiger partial charge on any atom is -0.317 e. The minimum atomic E-state index is -0.256. The Kier molecular flexibility index (Phi) is 3.82. The highest BCUT2D eigenvalue weighted by atomic mass is 35.5. The number of hydrogen-bond acceptors (Lipinski definition) is 2. The molecule has 0 fully saturated rings. The van der Waals surface area contributed by atoms with Crippen molar-refractivity contribution in [3.63, 3.8) is 0 Å². The summed E-state index contributed by atoms with van der Waals surface area (Å²) in [6, 6.07) is 7.24. The van der Waals surface area contributed by atoms with Gasteiger partial charge >= 0.3 is 0 Å². The summed E-state index contributed by atoms with van der Waals surface area (Å²) in [7, 11) is 0. The third-order valence-electron chi connectivity index (χ3n) is 1.48. The van der Waals surface area contributed by atoms with Gasteiger partial charge in [-0.3, -0.25) is 0 Å². The predicted octanol–water partition coefficient (Wildman–Crippen LogP) is 2.60. The van der Waals surface area contributed by atoms with Gasteiger partial charge in [0.05, 0.1) is 5.38 Å². The fourth-order valence-electron chi connectivity index (χ4n) is 0.899. The van der Waals surface area contributed by atoms with Gasteiger partial charge in [-0.25, -0.2) is 5.48 Å². The Balaban J connectivity index is 2.73. The first-order valence-electron chi connectivity index (χ1n) is 3.50. The molecule has 66 valence electrons. The highest BCUT2D eigenvalue weighted by Gasteiger charge is 2.06. The molecular weight excluding hydrogens is 197 g/mol. The van der Waals surface area contributed by atoms with Crippen molar-refractivity contribution in [2.24, 2.45) is 0 Å². The van der Waals surface area contributed by atoms with E-state index >= 15 is 0 Å². The van der Waals surface area contributed by atoms with Crippen LogP contribution in [0.3, 0.4) is 0 Å². The van der Waals surface area contributed by atoms with Gasteiger partial charge in [-0.2, -0.15) is 0 Å². The molecule has 0 radical (unpaired) electrons. The maximum Gasteiger partial charge on any atom is 0.0733 e. The SMILES string of the molecule is ONCC(Cl)c1cccc(Cl)c1. The Hall–Kier alpha value is -0.280. The van der Waals surface area contributed by atoms with Crippen LogP contribution < -0.4 is 5.48 Å². The highest BCUT2D eigenvalue weighted by molar-refractivity contribution is 6.30. The van der Waals surface area contributed by atoms with Crippen molar-refractivity contribution < 1.29 is 5.21 Å². The molecule has 0 amide bonds. The van der Waals surface area contributed by atoms with E-state index in [0.29, 0.717) is 11.6 Å². The van der Waals surface area contributed by atoms with E-state index in [0.717, 1.165) is 5.56 Å². The summed E-state index contributed by atoms with van der Waals surface area (Å²) in [4.78, 5) is 0. The van der Waals surface area contributed by atoms with Crippen LogP contribution in [0.1, 0.15) is 10.9 Å². The molecule has 0 heterocycles. The van der Waals surface area contributed by atoms with E-state index in [1.54, 1.807) is 12.1 Å².